The zero-order valence-electron chi connectivity index (χ0n) is 10.3. The Hall–Kier alpha value is -0.863. The normalized spacial score (nSPS) is 12.7. The van der Waals surface area contributed by atoms with Gasteiger partial charge in [-0.15, -0.1) is 0 Å². The third kappa shape index (κ3) is 3.61. The fraction of sp³-hybridized carbons (Fsp3) is 0.308. The molecular formula is C13H18ClNSi. The zero-order chi connectivity index (χ0) is 12.3. The summed E-state index contributed by atoms with van der Waals surface area (Å²) < 4.78 is 4.81. The van der Waals surface area contributed by atoms with Crippen molar-refractivity contribution in [1.82, 2.24) is 0 Å². The Kier molecular flexibility index (Phi) is 4.11. The Bertz CT molecular complexity index is 430. The van der Waals surface area contributed by atoms with Gasteiger partial charge in [0.2, 0.25) is 0 Å². The van der Waals surface area contributed by atoms with Crippen molar-refractivity contribution in [3.63, 3.8) is 0 Å². The molecule has 0 aliphatic carbocycles. The summed E-state index contributed by atoms with van der Waals surface area (Å²) in [6, 6.07) is 7.79. The van der Waals surface area contributed by atoms with Crippen LogP contribution in [0, 0.1) is 0 Å². The van der Waals surface area contributed by atoms with E-state index in [0.29, 0.717) is 0 Å². The quantitative estimate of drug-likeness (QED) is 0.553. The van der Waals surface area contributed by atoms with Crippen LogP contribution in [0.3, 0.4) is 0 Å². The summed E-state index contributed by atoms with van der Waals surface area (Å²) in [5, 5.41) is 0.738. The lowest BCUT2D eigenvalue weighted by Gasteiger charge is -2.15. The van der Waals surface area contributed by atoms with Gasteiger partial charge in [0.05, 0.1) is 5.71 Å². The second-order valence-corrected chi connectivity index (χ2v) is 9.86. The summed E-state index contributed by atoms with van der Waals surface area (Å²) in [5.41, 5.74) is 2.90. The molecule has 0 amide bonds. The molecule has 0 aliphatic rings. The summed E-state index contributed by atoms with van der Waals surface area (Å²) >= 11 is 6.19. The lowest BCUT2D eigenvalue weighted by molar-refractivity contribution is 1.48. The number of hydrogen-bond acceptors (Lipinski definition) is 1. The molecule has 0 spiro atoms. The topological polar surface area (TPSA) is 12.4 Å². The molecule has 0 atom stereocenters. The van der Waals surface area contributed by atoms with Gasteiger partial charge >= 0.3 is 0 Å². The van der Waals surface area contributed by atoms with Gasteiger partial charge in [0.15, 0.2) is 8.24 Å². The minimum Gasteiger partial charge on any atom is -0.321 e. The Labute approximate surface area is 104 Å². The number of halogens is 1. The Morgan fingerprint density at radius 1 is 1.25 bits per heavy atom. The molecule has 0 saturated heterocycles. The molecule has 0 unspecified atom stereocenters. The van der Waals surface area contributed by atoms with Crippen LogP contribution in [0.25, 0.3) is 0 Å². The molecule has 0 aromatic heterocycles. The van der Waals surface area contributed by atoms with Gasteiger partial charge in [-0.3, -0.25) is 0 Å². The van der Waals surface area contributed by atoms with Crippen molar-refractivity contribution in [2.45, 2.75) is 26.6 Å². The van der Waals surface area contributed by atoms with Gasteiger partial charge in [0.25, 0.3) is 0 Å². The summed E-state index contributed by atoms with van der Waals surface area (Å²) in [5.74, 6) is 0. The van der Waals surface area contributed by atoms with E-state index in [1.54, 1.807) is 0 Å². The third-order valence-corrected chi connectivity index (χ3v) is 3.20. The number of allylic oxidation sites excluding steroid dienone is 1. The average molecular weight is 252 g/mol. The van der Waals surface area contributed by atoms with E-state index >= 15 is 0 Å². The van der Waals surface area contributed by atoms with E-state index in [1.807, 2.05) is 31.2 Å². The van der Waals surface area contributed by atoms with Crippen LogP contribution >= 0.6 is 11.6 Å². The van der Waals surface area contributed by atoms with Gasteiger partial charge in [0.1, 0.15) is 0 Å². The molecule has 16 heavy (non-hydrogen) atoms. The maximum Gasteiger partial charge on any atom is 0.173 e. The number of hydrogen-bond donors (Lipinski definition) is 0. The number of benzene rings is 1. The molecule has 0 aliphatic heterocycles. The van der Waals surface area contributed by atoms with Crippen LogP contribution in [-0.2, 0) is 0 Å². The monoisotopic (exact) mass is 251 g/mol. The van der Waals surface area contributed by atoms with E-state index in [2.05, 4.69) is 26.2 Å². The van der Waals surface area contributed by atoms with Crippen molar-refractivity contribution in [1.29, 1.82) is 0 Å². The first-order valence-corrected chi connectivity index (χ1v) is 9.14. The van der Waals surface area contributed by atoms with Crippen LogP contribution in [0.1, 0.15) is 12.5 Å². The molecular weight excluding hydrogens is 234 g/mol. The second-order valence-electron chi connectivity index (χ2n) is 4.89. The van der Waals surface area contributed by atoms with E-state index in [-0.39, 0.29) is 0 Å². The highest BCUT2D eigenvalue weighted by molar-refractivity contribution is 6.76. The van der Waals surface area contributed by atoms with Crippen LogP contribution < -0.4 is 0 Å². The van der Waals surface area contributed by atoms with Gasteiger partial charge in [-0.2, -0.15) is 0 Å². The van der Waals surface area contributed by atoms with Crippen LogP contribution in [0.5, 0.6) is 0 Å². The van der Waals surface area contributed by atoms with Crippen molar-refractivity contribution in [2.75, 3.05) is 0 Å². The molecule has 0 N–H and O–H groups in total. The SMILES string of the molecule is C=C(C)/C(=N\[Si](C)(C)C)c1ccccc1Cl. The Morgan fingerprint density at radius 2 is 1.81 bits per heavy atom. The van der Waals surface area contributed by atoms with Crippen LogP contribution in [0.2, 0.25) is 24.7 Å². The van der Waals surface area contributed by atoms with Gasteiger partial charge in [-0.1, -0.05) is 36.4 Å². The number of rotatable bonds is 3. The highest BCUT2D eigenvalue weighted by Crippen LogP contribution is 2.20. The molecule has 1 nitrogen and oxygen atoms in total. The van der Waals surface area contributed by atoms with Crippen LogP contribution in [0.4, 0.5) is 0 Å². The first-order chi connectivity index (χ1) is 7.31. The lowest BCUT2D eigenvalue weighted by Crippen LogP contribution is -2.20. The van der Waals surface area contributed by atoms with Crippen molar-refractivity contribution in [3.05, 3.63) is 47.0 Å². The van der Waals surface area contributed by atoms with Crippen molar-refractivity contribution >= 4 is 25.5 Å². The lowest BCUT2D eigenvalue weighted by atomic mass is 10.1. The molecule has 0 fully saturated rings. The second kappa shape index (κ2) is 4.98. The van der Waals surface area contributed by atoms with E-state index in [4.69, 9.17) is 16.3 Å². The smallest absolute Gasteiger partial charge is 0.173 e. The minimum atomic E-state index is -1.52. The van der Waals surface area contributed by atoms with Crippen molar-refractivity contribution in [3.8, 4) is 0 Å². The van der Waals surface area contributed by atoms with Crippen molar-refractivity contribution in [2.24, 2.45) is 4.66 Å². The predicted molar refractivity (Wildman–Crippen MR) is 76.1 cm³/mol. The summed E-state index contributed by atoms with van der Waals surface area (Å²) in [6.45, 7) is 12.6. The van der Waals surface area contributed by atoms with E-state index < -0.39 is 8.24 Å². The Morgan fingerprint density at radius 3 is 2.25 bits per heavy atom. The van der Waals surface area contributed by atoms with Gasteiger partial charge < -0.3 is 4.66 Å². The number of nitrogens with zero attached hydrogens (tertiary/aromatic N) is 1. The summed E-state index contributed by atoms with van der Waals surface area (Å²) in [7, 11) is -1.52. The molecule has 1 aromatic rings. The largest absolute Gasteiger partial charge is 0.321 e. The molecule has 86 valence electrons. The van der Waals surface area contributed by atoms with Gasteiger partial charge in [0, 0.05) is 10.6 Å². The minimum absolute atomic E-state index is 0.738. The van der Waals surface area contributed by atoms with Crippen molar-refractivity contribution < 1.29 is 0 Å². The first-order valence-electron chi connectivity index (χ1n) is 5.32. The molecule has 0 bridgehead atoms. The van der Waals surface area contributed by atoms with Gasteiger partial charge in [-0.05, 0) is 38.2 Å². The third-order valence-electron chi connectivity index (χ3n) is 1.98. The van der Waals surface area contributed by atoms with E-state index in [1.165, 1.54) is 0 Å². The van der Waals surface area contributed by atoms with Crippen LogP contribution in [0.15, 0.2) is 41.1 Å². The highest BCUT2D eigenvalue weighted by Gasteiger charge is 2.16. The fourth-order valence-electron chi connectivity index (χ4n) is 1.37. The molecule has 0 saturated carbocycles. The molecule has 1 rings (SSSR count). The average Bonchev–Trinajstić information content (AvgIpc) is 2.13. The fourth-order valence-corrected chi connectivity index (χ4v) is 2.58. The predicted octanol–water partition coefficient (Wildman–Crippen LogP) is 4.54. The standard InChI is InChI=1S/C13H18ClNSi/c1-10(2)13(15-16(3,4)5)11-8-6-7-9-12(11)14/h6-9H,1H2,2-5H3/b15-13+. The molecule has 0 radical (unpaired) electrons. The maximum atomic E-state index is 6.19. The van der Waals surface area contributed by atoms with Crippen LogP contribution in [-0.4, -0.2) is 13.9 Å². The molecule has 0 heterocycles. The van der Waals surface area contributed by atoms with E-state index in [9.17, 15) is 0 Å². The highest BCUT2D eigenvalue weighted by atomic mass is 35.5. The summed E-state index contributed by atoms with van der Waals surface area (Å²) in [6.07, 6.45) is 0. The maximum absolute atomic E-state index is 6.19. The first kappa shape index (κ1) is 13.2. The zero-order valence-corrected chi connectivity index (χ0v) is 12.1. The van der Waals surface area contributed by atoms with E-state index in [0.717, 1.165) is 21.9 Å². The summed E-state index contributed by atoms with van der Waals surface area (Å²) in [4.78, 5) is 0. The molecule has 1 aromatic carbocycles. The van der Waals surface area contributed by atoms with Gasteiger partial charge in [-0.25, -0.2) is 0 Å². The Balaban J connectivity index is 3.30. The molecule has 3 heteroatoms.